The van der Waals surface area contributed by atoms with Gasteiger partial charge in [0.2, 0.25) is 5.91 Å². The van der Waals surface area contributed by atoms with Crippen LogP contribution in [0.2, 0.25) is 0 Å². The fourth-order valence-electron chi connectivity index (χ4n) is 3.10. The zero-order chi connectivity index (χ0) is 21.7. The van der Waals surface area contributed by atoms with Gasteiger partial charge in [0, 0.05) is 24.7 Å². The normalized spacial score (nSPS) is 11.4. The summed E-state index contributed by atoms with van der Waals surface area (Å²) in [7, 11) is 3.56. The third-order valence-electron chi connectivity index (χ3n) is 4.80. The molecule has 1 amide bonds. The average Bonchev–Trinajstić information content (AvgIpc) is 3.10. The molecule has 0 aliphatic heterocycles. The molecule has 6 nitrogen and oxygen atoms in total. The van der Waals surface area contributed by atoms with E-state index in [2.05, 4.69) is 31.0 Å². The summed E-state index contributed by atoms with van der Waals surface area (Å²) in [5, 5.41) is 9.30. The predicted octanol–water partition coefficient (Wildman–Crippen LogP) is 4.41. The van der Waals surface area contributed by atoms with Crippen molar-refractivity contribution in [3.63, 3.8) is 0 Å². The van der Waals surface area contributed by atoms with E-state index in [1.54, 1.807) is 7.11 Å². The molecule has 0 fully saturated rings. The molecule has 0 aliphatic rings. The molecule has 0 aliphatic carbocycles. The van der Waals surface area contributed by atoms with Crippen LogP contribution in [0.4, 0.5) is 0 Å². The lowest BCUT2D eigenvalue weighted by atomic mass is 10.0. The second kappa shape index (κ2) is 9.34. The maximum Gasteiger partial charge on any atom is 0.233 e. The van der Waals surface area contributed by atoms with Gasteiger partial charge >= 0.3 is 0 Å². The summed E-state index contributed by atoms with van der Waals surface area (Å²) in [5.74, 6) is 1.93. The minimum Gasteiger partial charge on any atom is -0.497 e. The van der Waals surface area contributed by atoms with Gasteiger partial charge in [-0.15, -0.1) is 10.2 Å². The first-order valence-electron chi connectivity index (χ1n) is 9.80. The monoisotopic (exact) mass is 424 g/mol. The summed E-state index contributed by atoms with van der Waals surface area (Å²) in [4.78, 5) is 15.0. The van der Waals surface area contributed by atoms with Crippen molar-refractivity contribution in [2.75, 3.05) is 12.9 Å². The molecular weight excluding hydrogens is 396 g/mol. The number of ether oxygens (including phenoxy) is 1. The molecule has 0 spiro atoms. The van der Waals surface area contributed by atoms with Gasteiger partial charge in [0.1, 0.15) is 5.75 Å². The summed E-state index contributed by atoms with van der Waals surface area (Å²) < 4.78 is 7.12. The Morgan fingerprint density at radius 2 is 1.73 bits per heavy atom. The summed E-state index contributed by atoms with van der Waals surface area (Å²) in [6.45, 7) is 6.76. The van der Waals surface area contributed by atoms with Crippen LogP contribution in [0.5, 0.6) is 5.75 Å². The minimum absolute atomic E-state index is 0.0744. The second-order valence-electron chi connectivity index (χ2n) is 8.02. The van der Waals surface area contributed by atoms with Gasteiger partial charge < -0.3 is 14.2 Å². The molecule has 1 heterocycles. The summed E-state index contributed by atoms with van der Waals surface area (Å²) in [6, 6.07) is 17.7. The number of thioether (sulfide) groups is 1. The van der Waals surface area contributed by atoms with Crippen LogP contribution in [-0.4, -0.2) is 44.0 Å². The zero-order valence-electron chi connectivity index (χ0n) is 18.1. The molecule has 158 valence electrons. The second-order valence-corrected chi connectivity index (χ2v) is 8.96. The quantitative estimate of drug-likeness (QED) is 0.526. The van der Waals surface area contributed by atoms with E-state index in [4.69, 9.17) is 4.74 Å². The Labute approximate surface area is 182 Å². The van der Waals surface area contributed by atoms with Crippen LogP contribution in [-0.2, 0) is 18.4 Å². The number of rotatable bonds is 7. The van der Waals surface area contributed by atoms with Crippen LogP contribution in [0.25, 0.3) is 11.4 Å². The number of aromatic nitrogens is 3. The van der Waals surface area contributed by atoms with Gasteiger partial charge in [-0.3, -0.25) is 4.79 Å². The molecule has 3 aromatic rings. The smallest absolute Gasteiger partial charge is 0.233 e. The lowest BCUT2D eigenvalue weighted by molar-refractivity contribution is -0.133. The van der Waals surface area contributed by atoms with Crippen LogP contribution >= 0.6 is 11.8 Å². The molecule has 1 aromatic heterocycles. The van der Waals surface area contributed by atoms with Crippen LogP contribution < -0.4 is 4.74 Å². The van der Waals surface area contributed by atoms with E-state index >= 15 is 0 Å². The summed E-state index contributed by atoms with van der Waals surface area (Å²) >= 11 is 1.41. The standard InChI is InChI=1S/C23H28N4O2S/c1-23(2,3)27(15-17-9-7-6-8-10-17)20(28)16-30-22-25-24-21(26(22)4)18-11-13-19(29-5)14-12-18/h6-14H,15-16H2,1-5H3. The Bertz CT molecular complexity index is 979. The van der Waals surface area contributed by atoms with Crippen molar-refractivity contribution in [3.8, 4) is 17.1 Å². The summed E-state index contributed by atoms with van der Waals surface area (Å²) in [6.07, 6.45) is 0. The van der Waals surface area contributed by atoms with E-state index < -0.39 is 0 Å². The van der Waals surface area contributed by atoms with Gasteiger partial charge in [-0.25, -0.2) is 0 Å². The highest BCUT2D eigenvalue weighted by molar-refractivity contribution is 7.99. The topological polar surface area (TPSA) is 60.3 Å². The SMILES string of the molecule is COc1ccc(-c2nnc(SCC(=O)N(Cc3ccccc3)C(C)(C)C)n2C)cc1. The molecule has 0 saturated heterocycles. The first kappa shape index (κ1) is 21.9. The molecule has 7 heteroatoms. The van der Waals surface area contributed by atoms with Crippen LogP contribution in [0.3, 0.4) is 0 Å². The zero-order valence-corrected chi connectivity index (χ0v) is 18.9. The number of nitrogens with zero attached hydrogens (tertiary/aromatic N) is 4. The number of carbonyl (C=O) groups is 1. The lowest BCUT2D eigenvalue weighted by Crippen LogP contribution is -2.45. The molecule has 0 saturated carbocycles. The van der Waals surface area contributed by atoms with E-state index in [1.165, 1.54) is 11.8 Å². The Morgan fingerprint density at radius 3 is 2.33 bits per heavy atom. The van der Waals surface area contributed by atoms with Crippen molar-refractivity contribution in [3.05, 3.63) is 60.2 Å². The van der Waals surface area contributed by atoms with Gasteiger partial charge in [0.15, 0.2) is 11.0 Å². The Balaban J connectivity index is 1.70. The number of methoxy groups -OCH3 is 1. The highest BCUT2D eigenvalue weighted by atomic mass is 32.2. The largest absolute Gasteiger partial charge is 0.497 e. The molecule has 0 radical (unpaired) electrons. The first-order chi connectivity index (χ1) is 14.3. The number of hydrogen-bond donors (Lipinski definition) is 0. The van der Waals surface area contributed by atoms with Crippen LogP contribution in [0.15, 0.2) is 59.8 Å². The van der Waals surface area contributed by atoms with Crippen molar-refractivity contribution in [1.29, 1.82) is 0 Å². The molecule has 0 atom stereocenters. The molecular formula is C23H28N4O2S. The van der Waals surface area contributed by atoms with Crippen molar-refractivity contribution >= 4 is 17.7 Å². The lowest BCUT2D eigenvalue weighted by Gasteiger charge is -2.36. The van der Waals surface area contributed by atoms with E-state index in [0.717, 1.165) is 22.7 Å². The van der Waals surface area contributed by atoms with E-state index in [1.807, 2.05) is 71.1 Å². The molecule has 30 heavy (non-hydrogen) atoms. The number of amides is 1. The fraction of sp³-hybridized carbons (Fsp3) is 0.348. The third kappa shape index (κ3) is 5.21. The van der Waals surface area contributed by atoms with Gasteiger partial charge in [0.05, 0.1) is 12.9 Å². The summed E-state index contributed by atoms with van der Waals surface area (Å²) in [5.41, 5.74) is 1.79. The van der Waals surface area contributed by atoms with Crippen LogP contribution in [0.1, 0.15) is 26.3 Å². The predicted molar refractivity (Wildman–Crippen MR) is 120 cm³/mol. The molecule has 0 unspecified atom stereocenters. The highest BCUT2D eigenvalue weighted by Gasteiger charge is 2.27. The minimum atomic E-state index is -0.276. The average molecular weight is 425 g/mol. The van der Waals surface area contributed by atoms with E-state index in [9.17, 15) is 4.79 Å². The van der Waals surface area contributed by atoms with Crippen LogP contribution in [0, 0.1) is 0 Å². The van der Waals surface area contributed by atoms with Gasteiger partial charge in [-0.2, -0.15) is 0 Å². The molecule has 3 rings (SSSR count). The van der Waals surface area contributed by atoms with E-state index in [0.29, 0.717) is 17.5 Å². The van der Waals surface area contributed by atoms with Gasteiger partial charge in [0.25, 0.3) is 0 Å². The Hall–Kier alpha value is -2.80. The Morgan fingerprint density at radius 1 is 1.07 bits per heavy atom. The first-order valence-corrected chi connectivity index (χ1v) is 10.8. The molecule has 0 bridgehead atoms. The van der Waals surface area contributed by atoms with E-state index in [-0.39, 0.29) is 11.4 Å². The number of benzene rings is 2. The maximum atomic E-state index is 13.1. The van der Waals surface area contributed by atoms with Crippen molar-refractivity contribution in [2.45, 2.75) is 38.0 Å². The van der Waals surface area contributed by atoms with Gasteiger partial charge in [-0.1, -0.05) is 42.1 Å². The Kier molecular flexibility index (Phi) is 6.82. The van der Waals surface area contributed by atoms with Crippen molar-refractivity contribution in [1.82, 2.24) is 19.7 Å². The van der Waals surface area contributed by atoms with Crippen molar-refractivity contribution < 1.29 is 9.53 Å². The third-order valence-corrected chi connectivity index (χ3v) is 5.81. The number of carbonyl (C=O) groups excluding carboxylic acids is 1. The molecule has 2 aromatic carbocycles. The highest BCUT2D eigenvalue weighted by Crippen LogP contribution is 2.26. The van der Waals surface area contributed by atoms with Gasteiger partial charge in [-0.05, 0) is 50.6 Å². The maximum absolute atomic E-state index is 13.1. The fourth-order valence-corrected chi connectivity index (χ4v) is 3.89. The molecule has 0 N–H and O–H groups in total. The number of hydrogen-bond acceptors (Lipinski definition) is 5. The van der Waals surface area contributed by atoms with Crippen molar-refractivity contribution in [2.24, 2.45) is 7.05 Å².